The van der Waals surface area contributed by atoms with E-state index in [9.17, 15) is 0 Å². The standard InChI is InChI=1S/C18H20ClN5S/c19-17-22-16(9-6-12-4-2-1-3-5-12)23-18(24-17)21-13-7-8-14-15(10-13)25-11-20-14/h7-8,10-12H,1-6,9H2,(H,21,22,23,24). The van der Waals surface area contributed by atoms with Crippen LogP contribution >= 0.6 is 22.9 Å². The zero-order valence-corrected chi connectivity index (χ0v) is 15.5. The van der Waals surface area contributed by atoms with E-state index in [1.807, 2.05) is 23.7 Å². The largest absolute Gasteiger partial charge is 0.324 e. The number of thiazole rings is 1. The van der Waals surface area contributed by atoms with Crippen molar-refractivity contribution in [1.29, 1.82) is 0 Å². The Bertz CT molecular complexity index is 860. The molecule has 7 heteroatoms. The van der Waals surface area contributed by atoms with Crippen molar-refractivity contribution >= 4 is 44.8 Å². The minimum absolute atomic E-state index is 0.245. The molecule has 1 aromatic carbocycles. The van der Waals surface area contributed by atoms with Gasteiger partial charge in [0.1, 0.15) is 5.82 Å². The van der Waals surface area contributed by atoms with Gasteiger partial charge in [0.25, 0.3) is 0 Å². The number of aromatic nitrogens is 4. The number of nitrogens with zero attached hydrogens (tertiary/aromatic N) is 4. The van der Waals surface area contributed by atoms with Gasteiger partial charge < -0.3 is 5.32 Å². The third kappa shape index (κ3) is 4.25. The van der Waals surface area contributed by atoms with Crippen molar-refractivity contribution in [2.45, 2.75) is 44.9 Å². The fourth-order valence-electron chi connectivity index (χ4n) is 3.43. The molecule has 0 atom stereocenters. The number of aryl methyl sites for hydroxylation is 1. The van der Waals surface area contributed by atoms with Crippen LogP contribution in [0.1, 0.15) is 44.3 Å². The zero-order valence-electron chi connectivity index (χ0n) is 13.9. The molecule has 1 aliphatic rings. The molecule has 0 radical (unpaired) electrons. The van der Waals surface area contributed by atoms with Crippen molar-refractivity contribution in [1.82, 2.24) is 19.9 Å². The minimum Gasteiger partial charge on any atom is -0.324 e. The molecule has 0 bridgehead atoms. The van der Waals surface area contributed by atoms with E-state index in [2.05, 4.69) is 25.3 Å². The van der Waals surface area contributed by atoms with E-state index < -0.39 is 0 Å². The molecule has 25 heavy (non-hydrogen) atoms. The molecule has 0 unspecified atom stereocenters. The van der Waals surface area contributed by atoms with E-state index in [1.54, 1.807) is 11.3 Å². The molecule has 1 aliphatic carbocycles. The Kier molecular flexibility index (Phi) is 5.08. The Morgan fingerprint density at radius 1 is 1.12 bits per heavy atom. The van der Waals surface area contributed by atoms with Crippen LogP contribution in [0.15, 0.2) is 23.7 Å². The number of benzene rings is 1. The van der Waals surface area contributed by atoms with E-state index >= 15 is 0 Å². The maximum Gasteiger partial charge on any atom is 0.231 e. The number of anilines is 2. The fraction of sp³-hybridized carbons (Fsp3) is 0.444. The van der Waals surface area contributed by atoms with Gasteiger partial charge in [0, 0.05) is 12.1 Å². The van der Waals surface area contributed by atoms with Crippen LogP contribution in [0.5, 0.6) is 0 Å². The average Bonchev–Trinajstić information content (AvgIpc) is 3.08. The second-order valence-corrected chi connectivity index (χ2v) is 7.77. The van der Waals surface area contributed by atoms with Gasteiger partial charge in [0.2, 0.25) is 11.2 Å². The van der Waals surface area contributed by atoms with Crippen molar-refractivity contribution < 1.29 is 0 Å². The third-order valence-corrected chi connectivity index (χ3v) is 5.70. The third-order valence-electron chi connectivity index (χ3n) is 4.74. The molecule has 1 fully saturated rings. The van der Waals surface area contributed by atoms with E-state index in [-0.39, 0.29) is 5.28 Å². The molecule has 3 aromatic rings. The summed E-state index contributed by atoms with van der Waals surface area (Å²) < 4.78 is 1.13. The van der Waals surface area contributed by atoms with Crippen molar-refractivity contribution in [2.75, 3.05) is 5.32 Å². The van der Waals surface area contributed by atoms with Crippen molar-refractivity contribution in [2.24, 2.45) is 5.92 Å². The van der Waals surface area contributed by atoms with Gasteiger partial charge in [-0.15, -0.1) is 11.3 Å². The Morgan fingerprint density at radius 3 is 2.88 bits per heavy atom. The Balaban J connectivity index is 1.46. The summed E-state index contributed by atoms with van der Waals surface area (Å²) in [5.74, 6) is 2.07. The lowest BCUT2D eigenvalue weighted by Gasteiger charge is -2.20. The SMILES string of the molecule is Clc1nc(CCC2CCCCC2)nc(Nc2ccc3ncsc3c2)n1. The summed E-state index contributed by atoms with van der Waals surface area (Å²) in [4.78, 5) is 17.4. The highest BCUT2D eigenvalue weighted by Crippen LogP contribution is 2.27. The molecular formula is C18H20ClN5S. The second kappa shape index (κ2) is 7.62. The number of hydrogen-bond acceptors (Lipinski definition) is 6. The highest BCUT2D eigenvalue weighted by atomic mass is 35.5. The predicted octanol–water partition coefficient (Wildman–Crippen LogP) is 5.39. The number of hydrogen-bond donors (Lipinski definition) is 1. The maximum atomic E-state index is 6.11. The molecule has 0 amide bonds. The number of nitrogens with one attached hydrogen (secondary N) is 1. The summed E-state index contributed by atoms with van der Waals surface area (Å²) in [6.45, 7) is 0. The zero-order chi connectivity index (χ0) is 17.1. The quantitative estimate of drug-likeness (QED) is 0.649. The van der Waals surface area contributed by atoms with Gasteiger partial charge in [-0.25, -0.2) is 9.97 Å². The van der Waals surface area contributed by atoms with Crippen LogP contribution in [0.4, 0.5) is 11.6 Å². The van der Waals surface area contributed by atoms with Gasteiger partial charge in [0.05, 0.1) is 15.7 Å². The summed E-state index contributed by atoms with van der Waals surface area (Å²) in [6, 6.07) is 6.01. The lowest BCUT2D eigenvalue weighted by Crippen LogP contribution is -2.10. The number of halogens is 1. The van der Waals surface area contributed by atoms with Gasteiger partial charge in [-0.05, 0) is 42.1 Å². The number of rotatable bonds is 5. The first-order valence-electron chi connectivity index (χ1n) is 8.77. The van der Waals surface area contributed by atoms with Crippen molar-refractivity contribution in [3.05, 3.63) is 34.8 Å². The van der Waals surface area contributed by atoms with Gasteiger partial charge >= 0.3 is 0 Å². The summed E-state index contributed by atoms with van der Waals surface area (Å²) in [7, 11) is 0. The molecule has 0 saturated heterocycles. The van der Waals surface area contributed by atoms with Gasteiger partial charge in [0.15, 0.2) is 0 Å². The smallest absolute Gasteiger partial charge is 0.231 e. The van der Waals surface area contributed by atoms with Crippen LogP contribution in [-0.4, -0.2) is 19.9 Å². The van der Waals surface area contributed by atoms with Crippen LogP contribution in [0.3, 0.4) is 0 Å². The summed E-state index contributed by atoms with van der Waals surface area (Å²) in [5, 5.41) is 3.48. The normalized spacial score (nSPS) is 15.6. The monoisotopic (exact) mass is 373 g/mol. The molecular weight excluding hydrogens is 354 g/mol. The maximum absolute atomic E-state index is 6.11. The highest BCUT2D eigenvalue weighted by Gasteiger charge is 2.15. The van der Waals surface area contributed by atoms with Crippen LogP contribution in [0.25, 0.3) is 10.2 Å². The lowest BCUT2D eigenvalue weighted by molar-refractivity contribution is 0.337. The van der Waals surface area contributed by atoms with Crippen LogP contribution in [-0.2, 0) is 6.42 Å². The van der Waals surface area contributed by atoms with Gasteiger partial charge in [-0.2, -0.15) is 9.97 Å². The second-order valence-electron chi connectivity index (χ2n) is 6.55. The highest BCUT2D eigenvalue weighted by molar-refractivity contribution is 7.16. The molecule has 130 valence electrons. The van der Waals surface area contributed by atoms with E-state index in [4.69, 9.17) is 11.6 Å². The van der Waals surface area contributed by atoms with E-state index in [0.29, 0.717) is 5.95 Å². The van der Waals surface area contributed by atoms with Crippen molar-refractivity contribution in [3.8, 4) is 0 Å². The van der Waals surface area contributed by atoms with E-state index in [0.717, 1.165) is 40.5 Å². The van der Waals surface area contributed by atoms with Crippen LogP contribution in [0, 0.1) is 5.92 Å². The first kappa shape index (κ1) is 16.7. The van der Waals surface area contributed by atoms with E-state index in [1.165, 1.54) is 32.1 Å². The Hall–Kier alpha value is -1.79. The molecule has 2 aromatic heterocycles. The molecule has 1 saturated carbocycles. The molecule has 1 N–H and O–H groups in total. The summed E-state index contributed by atoms with van der Waals surface area (Å²) in [5.41, 5.74) is 3.77. The van der Waals surface area contributed by atoms with Gasteiger partial charge in [-0.3, -0.25) is 0 Å². The van der Waals surface area contributed by atoms with Crippen LogP contribution < -0.4 is 5.32 Å². The lowest BCUT2D eigenvalue weighted by atomic mass is 9.86. The van der Waals surface area contributed by atoms with Crippen LogP contribution in [0.2, 0.25) is 5.28 Å². The predicted molar refractivity (Wildman–Crippen MR) is 103 cm³/mol. The Morgan fingerprint density at radius 2 is 2.00 bits per heavy atom. The molecule has 0 aliphatic heterocycles. The fourth-order valence-corrected chi connectivity index (χ4v) is 4.32. The first-order chi connectivity index (χ1) is 12.3. The van der Waals surface area contributed by atoms with Crippen molar-refractivity contribution in [3.63, 3.8) is 0 Å². The van der Waals surface area contributed by atoms with Gasteiger partial charge in [-0.1, -0.05) is 32.1 Å². The molecule has 4 rings (SSSR count). The summed E-state index contributed by atoms with van der Waals surface area (Å²) in [6.07, 6.45) is 8.75. The first-order valence-corrected chi connectivity index (χ1v) is 10.0. The summed E-state index contributed by atoms with van der Waals surface area (Å²) >= 11 is 7.72. The minimum atomic E-state index is 0.245. The molecule has 0 spiro atoms. The topological polar surface area (TPSA) is 63.6 Å². The molecule has 2 heterocycles. The molecule has 5 nitrogen and oxygen atoms in total. The average molecular weight is 374 g/mol. The number of fused-ring (bicyclic) bond motifs is 1. The Labute approximate surface area is 155 Å².